The molecule has 1 unspecified atom stereocenters. The molecule has 1 amide bonds. The third-order valence-corrected chi connectivity index (χ3v) is 3.50. The summed E-state index contributed by atoms with van der Waals surface area (Å²) in [6, 6.07) is 4.02. The van der Waals surface area contributed by atoms with Crippen molar-refractivity contribution >= 4 is 35.8 Å². The van der Waals surface area contributed by atoms with Gasteiger partial charge in [-0.05, 0) is 25.5 Å². The van der Waals surface area contributed by atoms with Crippen molar-refractivity contribution in [2.24, 2.45) is 4.99 Å². The minimum atomic E-state index is 0. The predicted octanol–water partition coefficient (Wildman–Crippen LogP) is 1.96. The summed E-state index contributed by atoms with van der Waals surface area (Å²) in [7, 11) is 0. The molecule has 1 aromatic rings. The normalized spacial score (nSPS) is 18.0. The van der Waals surface area contributed by atoms with E-state index in [1.54, 1.807) is 6.26 Å². The van der Waals surface area contributed by atoms with E-state index in [-0.39, 0.29) is 35.9 Å². The lowest BCUT2D eigenvalue weighted by Gasteiger charge is -2.18. The van der Waals surface area contributed by atoms with E-state index in [9.17, 15) is 4.79 Å². The Bertz CT molecular complexity index is 476. The zero-order valence-corrected chi connectivity index (χ0v) is 15.5. The SMILES string of the molecule is CCNC(=NCc1ccco1)NC1CCN(C(=O)CC)C1.I. The first kappa shape index (κ1) is 18.8. The van der Waals surface area contributed by atoms with Gasteiger partial charge in [0.25, 0.3) is 0 Å². The second kappa shape index (κ2) is 9.70. The third kappa shape index (κ3) is 5.51. The van der Waals surface area contributed by atoms with Gasteiger partial charge in [-0.3, -0.25) is 4.79 Å². The molecule has 2 rings (SSSR count). The molecular formula is C15H25IN4O2. The van der Waals surface area contributed by atoms with Gasteiger partial charge in [-0.25, -0.2) is 4.99 Å². The van der Waals surface area contributed by atoms with E-state index in [0.717, 1.165) is 37.8 Å². The highest BCUT2D eigenvalue weighted by molar-refractivity contribution is 14.0. The highest BCUT2D eigenvalue weighted by Crippen LogP contribution is 2.10. The zero-order valence-electron chi connectivity index (χ0n) is 13.2. The smallest absolute Gasteiger partial charge is 0.222 e. The Kier molecular flexibility index (Phi) is 8.29. The fourth-order valence-corrected chi connectivity index (χ4v) is 2.40. The molecule has 0 aliphatic carbocycles. The Morgan fingerprint density at radius 1 is 1.50 bits per heavy atom. The van der Waals surface area contributed by atoms with Crippen molar-refractivity contribution in [1.82, 2.24) is 15.5 Å². The van der Waals surface area contributed by atoms with Gasteiger partial charge in [0.1, 0.15) is 12.3 Å². The van der Waals surface area contributed by atoms with Crippen LogP contribution < -0.4 is 10.6 Å². The molecule has 1 saturated heterocycles. The Balaban J connectivity index is 0.00000242. The standard InChI is InChI=1S/C15H24N4O2.HI/c1-3-14(20)19-8-7-12(11-19)18-15(16-4-2)17-10-13-6-5-9-21-13;/h5-6,9,12H,3-4,7-8,10-11H2,1-2H3,(H2,16,17,18);1H. The summed E-state index contributed by atoms with van der Waals surface area (Å²) in [4.78, 5) is 18.1. The average molecular weight is 420 g/mol. The van der Waals surface area contributed by atoms with Crippen LogP contribution in [0.15, 0.2) is 27.8 Å². The van der Waals surface area contributed by atoms with E-state index >= 15 is 0 Å². The number of likely N-dealkylation sites (tertiary alicyclic amines) is 1. The molecule has 0 radical (unpaired) electrons. The summed E-state index contributed by atoms with van der Waals surface area (Å²) >= 11 is 0. The van der Waals surface area contributed by atoms with Gasteiger partial charge >= 0.3 is 0 Å². The van der Waals surface area contributed by atoms with Crippen LogP contribution in [0.4, 0.5) is 0 Å². The summed E-state index contributed by atoms with van der Waals surface area (Å²) < 4.78 is 5.28. The van der Waals surface area contributed by atoms with Crippen LogP contribution in [0.1, 0.15) is 32.4 Å². The minimum Gasteiger partial charge on any atom is -0.467 e. The van der Waals surface area contributed by atoms with Crippen molar-refractivity contribution in [3.63, 3.8) is 0 Å². The summed E-state index contributed by atoms with van der Waals surface area (Å²) in [5.74, 6) is 1.82. The second-order valence-electron chi connectivity index (χ2n) is 5.10. The molecule has 1 atom stereocenters. The van der Waals surface area contributed by atoms with Crippen molar-refractivity contribution in [1.29, 1.82) is 0 Å². The topological polar surface area (TPSA) is 69.9 Å². The van der Waals surface area contributed by atoms with Gasteiger partial charge in [0.05, 0.1) is 6.26 Å². The van der Waals surface area contributed by atoms with Crippen LogP contribution in [-0.4, -0.2) is 42.4 Å². The molecule has 7 heteroatoms. The fraction of sp³-hybridized carbons (Fsp3) is 0.600. The van der Waals surface area contributed by atoms with Crippen LogP contribution in [-0.2, 0) is 11.3 Å². The van der Waals surface area contributed by atoms with Crippen LogP contribution in [0.2, 0.25) is 0 Å². The number of aliphatic imine (C=N–C) groups is 1. The van der Waals surface area contributed by atoms with Gasteiger partial charge in [0, 0.05) is 32.1 Å². The third-order valence-electron chi connectivity index (χ3n) is 3.50. The largest absolute Gasteiger partial charge is 0.467 e. The van der Waals surface area contributed by atoms with Crippen molar-refractivity contribution in [2.75, 3.05) is 19.6 Å². The van der Waals surface area contributed by atoms with Crippen LogP contribution in [0.5, 0.6) is 0 Å². The van der Waals surface area contributed by atoms with Gasteiger partial charge < -0.3 is 20.0 Å². The maximum atomic E-state index is 11.7. The molecule has 0 bridgehead atoms. The Morgan fingerprint density at radius 3 is 2.95 bits per heavy atom. The number of guanidine groups is 1. The van der Waals surface area contributed by atoms with Gasteiger partial charge in [-0.1, -0.05) is 6.92 Å². The van der Waals surface area contributed by atoms with E-state index in [0.29, 0.717) is 13.0 Å². The van der Waals surface area contributed by atoms with Crippen molar-refractivity contribution < 1.29 is 9.21 Å². The van der Waals surface area contributed by atoms with Crippen LogP contribution in [0.3, 0.4) is 0 Å². The molecule has 124 valence electrons. The maximum Gasteiger partial charge on any atom is 0.222 e. The quantitative estimate of drug-likeness (QED) is 0.434. The number of halogens is 1. The second-order valence-corrected chi connectivity index (χ2v) is 5.10. The van der Waals surface area contributed by atoms with E-state index < -0.39 is 0 Å². The molecule has 0 spiro atoms. The summed E-state index contributed by atoms with van der Waals surface area (Å²) in [5.41, 5.74) is 0. The number of carbonyl (C=O) groups excluding carboxylic acids is 1. The summed E-state index contributed by atoms with van der Waals surface area (Å²) in [5, 5.41) is 6.62. The molecule has 6 nitrogen and oxygen atoms in total. The first-order valence-corrected chi connectivity index (χ1v) is 7.58. The Labute approximate surface area is 148 Å². The number of nitrogens with one attached hydrogen (secondary N) is 2. The zero-order chi connectivity index (χ0) is 15.1. The highest BCUT2D eigenvalue weighted by Gasteiger charge is 2.25. The fourth-order valence-electron chi connectivity index (χ4n) is 2.40. The van der Waals surface area contributed by atoms with Gasteiger partial charge in [0.15, 0.2) is 5.96 Å². The Hall–Kier alpha value is -1.25. The monoisotopic (exact) mass is 420 g/mol. The average Bonchev–Trinajstić information content (AvgIpc) is 3.15. The lowest BCUT2D eigenvalue weighted by molar-refractivity contribution is -0.129. The number of carbonyl (C=O) groups is 1. The van der Waals surface area contributed by atoms with E-state index in [1.165, 1.54) is 0 Å². The van der Waals surface area contributed by atoms with Gasteiger partial charge in [-0.2, -0.15) is 0 Å². The van der Waals surface area contributed by atoms with Gasteiger partial charge in [0.2, 0.25) is 5.91 Å². The van der Waals surface area contributed by atoms with Crippen molar-refractivity contribution in [2.45, 2.75) is 39.3 Å². The van der Waals surface area contributed by atoms with Crippen LogP contribution >= 0.6 is 24.0 Å². The molecular weight excluding hydrogens is 395 g/mol. The highest BCUT2D eigenvalue weighted by atomic mass is 127. The molecule has 1 aliphatic rings. The van der Waals surface area contributed by atoms with E-state index in [4.69, 9.17) is 4.42 Å². The number of furan rings is 1. The molecule has 2 heterocycles. The molecule has 1 aliphatic heterocycles. The van der Waals surface area contributed by atoms with Crippen molar-refractivity contribution in [3.05, 3.63) is 24.2 Å². The molecule has 22 heavy (non-hydrogen) atoms. The molecule has 2 N–H and O–H groups in total. The summed E-state index contributed by atoms with van der Waals surface area (Å²) in [6.45, 7) is 6.81. The molecule has 1 aromatic heterocycles. The van der Waals surface area contributed by atoms with E-state index in [2.05, 4.69) is 15.6 Å². The van der Waals surface area contributed by atoms with E-state index in [1.807, 2.05) is 30.9 Å². The first-order chi connectivity index (χ1) is 10.2. The number of nitrogens with zero attached hydrogens (tertiary/aromatic N) is 2. The van der Waals surface area contributed by atoms with Crippen LogP contribution in [0.25, 0.3) is 0 Å². The number of hydrogen-bond acceptors (Lipinski definition) is 3. The van der Waals surface area contributed by atoms with Crippen molar-refractivity contribution in [3.8, 4) is 0 Å². The van der Waals surface area contributed by atoms with Crippen LogP contribution in [0, 0.1) is 0 Å². The maximum absolute atomic E-state index is 11.7. The summed E-state index contributed by atoms with van der Waals surface area (Å²) in [6.07, 6.45) is 3.17. The molecule has 0 saturated carbocycles. The molecule has 1 fully saturated rings. The Morgan fingerprint density at radius 2 is 2.32 bits per heavy atom. The lowest BCUT2D eigenvalue weighted by Crippen LogP contribution is -2.45. The lowest BCUT2D eigenvalue weighted by atomic mass is 10.3. The molecule has 0 aromatic carbocycles. The number of hydrogen-bond donors (Lipinski definition) is 2. The first-order valence-electron chi connectivity index (χ1n) is 7.58. The van der Waals surface area contributed by atoms with Gasteiger partial charge in [-0.15, -0.1) is 24.0 Å². The number of amides is 1. The minimum absolute atomic E-state index is 0. The predicted molar refractivity (Wildman–Crippen MR) is 97.4 cm³/mol. The number of rotatable bonds is 5.